The van der Waals surface area contributed by atoms with Crippen LogP contribution in [0.5, 0.6) is 0 Å². The van der Waals surface area contributed by atoms with E-state index in [4.69, 9.17) is 10.2 Å². The van der Waals surface area contributed by atoms with E-state index < -0.39 is 0 Å². The Morgan fingerprint density at radius 2 is 2.05 bits per heavy atom. The molecule has 3 heterocycles. The molecule has 19 heavy (non-hydrogen) atoms. The molecule has 0 spiro atoms. The van der Waals surface area contributed by atoms with Crippen molar-refractivity contribution in [3.8, 4) is 0 Å². The molecule has 2 aromatic heterocycles. The molecule has 6 nitrogen and oxygen atoms in total. The van der Waals surface area contributed by atoms with Gasteiger partial charge in [-0.05, 0) is 12.1 Å². The van der Waals surface area contributed by atoms with E-state index in [0.717, 1.165) is 44.3 Å². The molecule has 1 fully saturated rings. The molecule has 1 aliphatic heterocycles. The van der Waals surface area contributed by atoms with Crippen molar-refractivity contribution in [2.75, 3.05) is 36.8 Å². The number of anilines is 2. The number of hydrogen-bond donors (Lipinski definition) is 1. The summed E-state index contributed by atoms with van der Waals surface area (Å²) in [4.78, 5) is 13.0. The summed E-state index contributed by atoms with van der Waals surface area (Å²) in [6.45, 7) is 4.69. The van der Waals surface area contributed by atoms with E-state index in [1.807, 2.05) is 12.1 Å². The fraction of sp³-hybridized carbons (Fsp3) is 0.385. The third-order valence-electron chi connectivity index (χ3n) is 3.30. The van der Waals surface area contributed by atoms with Gasteiger partial charge in [0.2, 0.25) is 0 Å². The predicted molar refractivity (Wildman–Crippen MR) is 72.6 cm³/mol. The molecule has 0 amide bonds. The molecule has 0 atom stereocenters. The minimum atomic E-state index is 0.468. The van der Waals surface area contributed by atoms with Crippen LogP contribution in [0, 0.1) is 0 Å². The van der Waals surface area contributed by atoms with Crippen LogP contribution in [0.3, 0.4) is 0 Å². The van der Waals surface area contributed by atoms with Crippen molar-refractivity contribution in [1.29, 1.82) is 0 Å². The third kappa shape index (κ3) is 2.85. The second-order valence-electron chi connectivity index (χ2n) is 4.64. The molecule has 0 bridgehead atoms. The molecule has 1 saturated heterocycles. The monoisotopic (exact) mass is 259 g/mol. The zero-order valence-electron chi connectivity index (χ0n) is 10.7. The Hall–Kier alpha value is -2.08. The van der Waals surface area contributed by atoms with Crippen LogP contribution in [-0.2, 0) is 6.54 Å². The highest BCUT2D eigenvalue weighted by Gasteiger charge is 2.19. The van der Waals surface area contributed by atoms with Crippen molar-refractivity contribution >= 4 is 11.6 Å². The molecule has 1 aliphatic rings. The van der Waals surface area contributed by atoms with Gasteiger partial charge in [-0.3, -0.25) is 9.88 Å². The van der Waals surface area contributed by atoms with E-state index in [9.17, 15) is 0 Å². The van der Waals surface area contributed by atoms with Gasteiger partial charge in [-0.2, -0.15) is 0 Å². The van der Waals surface area contributed by atoms with Crippen molar-refractivity contribution < 1.29 is 4.42 Å². The summed E-state index contributed by atoms with van der Waals surface area (Å²) in [6.07, 6.45) is 5.04. The minimum absolute atomic E-state index is 0.468. The maximum atomic E-state index is 5.66. The number of piperazine rings is 1. The first-order chi connectivity index (χ1) is 9.31. The van der Waals surface area contributed by atoms with Gasteiger partial charge in [0.1, 0.15) is 17.4 Å². The van der Waals surface area contributed by atoms with Crippen molar-refractivity contribution in [2.45, 2.75) is 6.54 Å². The summed E-state index contributed by atoms with van der Waals surface area (Å²) in [7, 11) is 0. The number of rotatable bonds is 3. The molecule has 0 unspecified atom stereocenters. The third-order valence-corrected chi connectivity index (χ3v) is 3.30. The Labute approximate surface area is 111 Å². The molecular weight excluding hydrogens is 242 g/mol. The highest BCUT2D eigenvalue weighted by molar-refractivity contribution is 5.41. The molecule has 6 heteroatoms. The van der Waals surface area contributed by atoms with Crippen LogP contribution in [0.15, 0.2) is 35.2 Å². The van der Waals surface area contributed by atoms with Crippen LogP contribution in [0.4, 0.5) is 11.6 Å². The normalized spacial score (nSPS) is 16.7. The molecule has 0 saturated carbocycles. The highest BCUT2D eigenvalue weighted by atomic mass is 16.3. The number of nitrogens with zero attached hydrogens (tertiary/aromatic N) is 4. The van der Waals surface area contributed by atoms with Gasteiger partial charge in [0.25, 0.3) is 0 Å². The number of nitrogen functional groups attached to an aromatic ring is 1. The Morgan fingerprint density at radius 3 is 2.74 bits per heavy atom. The molecule has 0 radical (unpaired) electrons. The van der Waals surface area contributed by atoms with Crippen LogP contribution < -0.4 is 10.6 Å². The standard InChI is InChI=1S/C13H17N5O/c14-12-8-15-9-13(16-12)18-5-3-17(4-6-18)10-11-2-1-7-19-11/h1-2,7-9H,3-6,10H2,(H2,14,16). The number of furan rings is 1. The lowest BCUT2D eigenvalue weighted by atomic mass is 10.3. The zero-order chi connectivity index (χ0) is 13.1. The van der Waals surface area contributed by atoms with Gasteiger partial charge in [-0.25, -0.2) is 4.98 Å². The van der Waals surface area contributed by atoms with Crippen LogP contribution in [0.1, 0.15) is 5.76 Å². The molecular formula is C13H17N5O. The smallest absolute Gasteiger partial charge is 0.149 e. The Kier molecular flexibility index (Phi) is 3.33. The molecule has 100 valence electrons. The molecule has 0 aliphatic carbocycles. The number of nitrogens with two attached hydrogens (primary N) is 1. The maximum absolute atomic E-state index is 5.66. The Bertz CT molecular complexity index is 520. The summed E-state index contributed by atoms with van der Waals surface area (Å²) in [5.74, 6) is 2.34. The first-order valence-corrected chi connectivity index (χ1v) is 6.38. The van der Waals surface area contributed by atoms with Crippen LogP contribution in [-0.4, -0.2) is 41.0 Å². The lowest BCUT2D eigenvalue weighted by molar-refractivity contribution is 0.230. The van der Waals surface area contributed by atoms with Crippen molar-refractivity contribution in [3.05, 3.63) is 36.5 Å². The van der Waals surface area contributed by atoms with Gasteiger partial charge in [0.15, 0.2) is 0 Å². The second kappa shape index (κ2) is 5.27. The van der Waals surface area contributed by atoms with Crippen molar-refractivity contribution in [1.82, 2.24) is 14.9 Å². The Balaban J connectivity index is 1.57. The summed E-state index contributed by atoms with van der Waals surface area (Å²) in [5.41, 5.74) is 5.66. The number of aromatic nitrogens is 2. The average Bonchev–Trinajstić information content (AvgIpc) is 2.92. The van der Waals surface area contributed by atoms with Crippen molar-refractivity contribution in [2.24, 2.45) is 0 Å². The lowest BCUT2D eigenvalue weighted by Gasteiger charge is -2.34. The lowest BCUT2D eigenvalue weighted by Crippen LogP contribution is -2.46. The molecule has 2 N–H and O–H groups in total. The van der Waals surface area contributed by atoms with E-state index in [1.165, 1.54) is 0 Å². The van der Waals surface area contributed by atoms with E-state index in [1.54, 1.807) is 18.7 Å². The van der Waals surface area contributed by atoms with Crippen LogP contribution in [0.25, 0.3) is 0 Å². The highest BCUT2D eigenvalue weighted by Crippen LogP contribution is 2.15. The van der Waals surface area contributed by atoms with Crippen molar-refractivity contribution in [3.63, 3.8) is 0 Å². The second-order valence-corrected chi connectivity index (χ2v) is 4.64. The molecule has 2 aromatic rings. The predicted octanol–water partition coefficient (Wildman–Crippen LogP) is 0.974. The largest absolute Gasteiger partial charge is 0.468 e. The zero-order valence-corrected chi connectivity index (χ0v) is 10.7. The summed E-state index contributed by atoms with van der Waals surface area (Å²) in [6, 6.07) is 3.93. The molecule has 3 rings (SSSR count). The van der Waals surface area contributed by atoms with Gasteiger partial charge >= 0.3 is 0 Å². The SMILES string of the molecule is Nc1cncc(N2CCN(Cc3ccco3)CC2)n1. The van der Waals surface area contributed by atoms with E-state index in [2.05, 4.69) is 19.8 Å². The van der Waals surface area contributed by atoms with Gasteiger partial charge in [0, 0.05) is 26.2 Å². The summed E-state index contributed by atoms with van der Waals surface area (Å²) in [5, 5.41) is 0. The van der Waals surface area contributed by atoms with Gasteiger partial charge < -0.3 is 15.1 Å². The topological polar surface area (TPSA) is 71.4 Å². The Morgan fingerprint density at radius 1 is 1.21 bits per heavy atom. The molecule has 0 aromatic carbocycles. The first kappa shape index (κ1) is 12.0. The fourth-order valence-electron chi connectivity index (χ4n) is 2.28. The van der Waals surface area contributed by atoms with Crippen LogP contribution >= 0.6 is 0 Å². The van der Waals surface area contributed by atoms with Gasteiger partial charge in [-0.15, -0.1) is 0 Å². The van der Waals surface area contributed by atoms with E-state index in [-0.39, 0.29) is 0 Å². The fourth-order valence-corrected chi connectivity index (χ4v) is 2.28. The first-order valence-electron chi connectivity index (χ1n) is 6.38. The van der Waals surface area contributed by atoms with Gasteiger partial charge in [-0.1, -0.05) is 0 Å². The summed E-state index contributed by atoms with van der Waals surface area (Å²) >= 11 is 0. The summed E-state index contributed by atoms with van der Waals surface area (Å²) < 4.78 is 5.37. The van der Waals surface area contributed by atoms with Crippen LogP contribution in [0.2, 0.25) is 0 Å². The van der Waals surface area contributed by atoms with Gasteiger partial charge in [0.05, 0.1) is 25.2 Å². The number of hydrogen-bond acceptors (Lipinski definition) is 6. The quantitative estimate of drug-likeness (QED) is 0.885. The average molecular weight is 259 g/mol. The minimum Gasteiger partial charge on any atom is -0.468 e. The van der Waals surface area contributed by atoms with E-state index in [0.29, 0.717) is 5.82 Å². The maximum Gasteiger partial charge on any atom is 0.149 e. The van der Waals surface area contributed by atoms with E-state index >= 15 is 0 Å².